The van der Waals surface area contributed by atoms with Crippen molar-refractivity contribution in [1.82, 2.24) is 0 Å². The lowest BCUT2D eigenvalue weighted by atomic mass is 10.3. The number of thiophene rings is 1. The largest absolute Gasteiger partial charge is 0.456 e. The summed E-state index contributed by atoms with van der Waals surface area (Å²) in [5.41, 5.74) is 0.901. The van der Waals surface area contributed by atoms with Crippen molar-refractivity contribution in [3.05, 3.63) is 21.9 Å². The fourth-order valence-corrected chi connectivity index (χ4v) is 1.45. The number of aryl methyl sites for hydroxylation is 1. The first-order chi connectivity index (χ1) is 6.24. The van der Waals surface area contributed by atoms with E-state index in [0.717, 1.165) is 10.4 Å². The molecule has 0 aromatic carbocycles. The fraction of sp³-hybridized carbons (Fsp3) is 0.300. The lowest BCUT2D eigenvalue weighted by Crippen LogP contribution is -1.99. The van der Waals surface area contributed by atoms with E-state index in [-0.39, 0.29) is 0 Å². The van der Waals surface area contributed by atoms with Crippen LogP contribution in [0, 0.1) is 18.8 Å². The Kier molecular flexibility index (Phi) is 3.53. The summed E-state index contributed by atoms with van der Waals surface area (Å²) in [4.78, 5) is 12.0. The van der Waals surface area contributed by atoms with E-state index in [1.165, 1.54) is 0 Å². The van der Waals surface area contributed by atoms with Gasteiger partial charge >= 0.3 is 5.97 Å². The number of hydrogen-bond acceptors (Lipinski definition) is 3. The zero-order valence-corrected chi connectivity index (χ0v) is 8.40. The second-order valence-corrected chi connectivity index (χ2v) is 3.48. The van der Waals surface area contributed by atoms with E-state index in [0.29, 0.717) is 6.61 Å². The molecule has 0 atom stereocenters. The zero-order valence-electron chi connectivity index (χ0n) is 7.59. The number of esters is 1. The minimum atomic E-state index is -0.465. The van der Waals surface area contributed by atoms with Crippen LogP contribution in [0.1, 0.15) is 17.4 Å². The summed E-state index contributed by atoms with van der Waals surface area (Å²) in [6, 6.07) is 1.90. The van der Waals surface area contributed by atoms with Gasteiger partial charge in [0, 0.05) is 16.4 Å². The molecule has 1 aromatic rings. The second-order valence-electron chi connectivity index (χ2n) is 2.36. The lowest BCUT2D eigenvalue weighted by molar-refractivity contribution is -0.136. The molecule has 1 rings (SSSR count). The molecule has 3 heteroatoms. The van der Waals surface area contributed by atoms with Crippen LogP contribution in [0.2, 0.25) is 0 Å². The Balaban J connectivity index is 2.67. The summed E-state index contributed by atoms with van der Waals surface area (Å²) in [5.74, 6) is 4.72. The van der Waals surface area contributed by atoms with E-state index >= 15 is 0 Å². The highest BCUT2D eigenvalue weighted by atomic mass is 32.1. The summed E-state index contributed by atoms with van der Waals surface area (Å²) in [7, 11) is 0. The van der Waals surface area contributed by atoms with Crippen LogP contribution in [0.15, 0.2) is 11.4 Å². The molecule has 0 aliphatic heterocycles. The maximum Gasteiger partial charge on any atom is 0.384 e. The van der Waals surface area contributed by atoms with Crippen LogP contribution in [0.25, 0.3) is 0 Å². The predicted octanol–water partition coefficient (Wildman–Crippen LogP) is 1.97. The van der Waals surface area contributed by atoms with Crippen molar-refractivity contribution in [3.8, 4) is 11.8 Å². The first-order valence-corrected chi connectivity index (χ1v) is 4.85. The van der Waals surface area contributed by atoms with Gasteiger partial charge in [0.05, 0.1) is 6.61 Å². The van der Waals surface area contributed by atoms with Crippen molar-refractivity contribution in [2.75, 3.05) is 6.61 Å². The third-order valence-corrected chi connectivity index (χ3v) is 2.28. The molecule has 0 amide bonds. The third-order valence-electron chi connectivity index (χ3n) is 1.43. The first-order valence-electron chi connectivity index (χ1n) is 3.97. The van der Waals surface area contributed by atoms with Gasteiger partial charge in [-0.25, -0.2) is 4.79 Å². The van der Waals surface area contributed by atoms with Gasteiger partial charge in [-0.05, 0) is 25.3 Å². The average Bonchev–Trinajstić information content (AvgIpc) is 2.48. The molecule has 0 radical (unpaired) electrons. The Morgan fingerprint density at radius 1 is 1.69 bits per heavy atom. The smallest absolute Gasteiger partial charge is 0.384 e. The van der Waals surface area contributed by atoms with E-state index in [1.807, 2.05) is 18.4 Å². The molecule has 68 valence electrons. The number of carbonyl (C=O) groups excluding carboxylic acids is 1. The molecular weight excluding hydrogens is 184 g/mol. The van der Waals surface area contributed by atoms with Gasteiger partial charge in [-0.3, -0.25) is 0 Å². The third kappa shape index (κ3) is 2.92. The molecule has 2 nitrogen and oxygen atoms in total. The van der Waals surface area contributed by atoms with Crippen molar-refractivity contribution >= 4 is 17.3 Å². The van der Waals surface area contributed by atoms with Gasteiger partial charge in [0.1, 0.15) is 0 Å². The van der Waals surface area contributed by atoms with Crippen LogP contribution in [0.5, 0.6) is 0 Å². The molecule has 1 aromatic heterocycles. The maximum absolute atomic E-state index is 10.9. The molecule has 0 saturated carbocycles. The molecule has 0 spiro atoms. The van der Waals surface area contributed by atoms with Gasteiger partial charge in [0.2, 0.25) is 0 Å². The highest BCUT2D eigenvalue weighted by molar-refractivity contribution is 7.10. The molecule has 0 fully saturated rings. The first kappa shape index (κ1) is 9.82. The zero-order chi connectivity index (χ0) is 9.68. The van der Waals surface area contributed by atoms with Crippen molar-refractivity contribution in [2.45, 2.75) is 13.8 Å². The van der Waals surface area contributed by atoms with E-state index in [9.17, 15) is 4.79 Å². The summed E-state index contributed by atoms with van der Waals surface area (Å²) in [5, 5.41) is 1.95. The number of ether oxygens (including phenoxy) is 1. The normalized spacial score (nSPS) is 8.77. The molecule has 1 heterocycles. The second kappa shape index (κ2) is 4.68. The molecule has 0 aliphatic rings. The Morgan fingerprint density at radius 2 is 2.46 bits per heavy atom. The summed E-state index contributed by atoms with van der Waals surface area (Å²) in [6.45, 7) is 4.10. The molecular formula is C10H10O2S. The van der Waals surface area contributed by atoms with Crippen LogP contribution in [-0.2, 0) is 9.53 Å². The molecule has 0 N–H and O–H groups in total. The predicted molar refractivity (Wildman–Crippen MR) is 52.6 cm³/mol. The summed E-state index contributed by atoms with van der Waals surface area (Å²) >= 11 is 1.61. The van der Waals surface area contributed by atoms with Gasteiger partial charge in [0.15, 0.2) is 0 Å². The fourth-order valence-electron chi connectivity index (χ4n) is 0.800. The summed E-state index contributed by atoms with van der Waals surface area (Å²) in [6.07, 6.45) is 0. The Labute approximate surface area is 81.5 Å². The maximum atomic E-state index is 10.9. The Bertz CT molecular complexity index is 354. The Hall–Kier alpha value is -1.27. The van der Waals surface area contributed by atoms with Gasteiger partial charge < -0.3 is 4.74 Å². The molecule has 13 heavy (non-hydrogen) atoms. The van der Waals surface area contributed by atoms with Gasteiger partial charge in [0.25, 0.3) is 0 Å². The standard InChI is InChI=1S/C10H10O2S/c1-3-12-10(11)5-4-9-6-7-13-8(9)2/h6-7H,3H2,1-2H3. The Morgan fingerprint density at radius 3 is 3.00 bits per heavy atom. The highest BCUT2D eigenvalue weighted by Crippen LogP contribution is 2.12. The minimum absolute atomic E-state index is 0.371. The van der Waals surface area contributed by atoms with Crippen molar-refractivity contribution < 1.29 is 9.53 Å². The van der Waals surface area contributed by atoms with Crippen LogP contribution >= 0.6 is 11.3 Å². The van der Waals surface area contributed by atoms with Gasteiger partial charge in [-0.1, -0.05) is 5.92 Å². The average molecular weight is 194 g/mol. The minimum Gasteiger partial charge on any atom is -0.456 e. The molecule has 0 saturated heterocycles. The quantitative estimate of drug-likeness (QED) is 0.504. The van der Waals surface area contributed by atoms with Crippen molar-refractivity contribution in [2.24, 2.45) is 0 Å². The topological polar surface area (TPSA) is 26.3 Å². The van der Waals surface area contributed by atoms with E-state index in [1.54, 1.807) is 18.3 Å². The monoisotopic (exact) mass is 194 g/mol. The van der Waals surface area contributed by atoms with Crippen LogP contribution in [0.3, 0.4) is 0 Å². The van der Waals surface area contributed by atoms with E-state index in [2.05, 4.69) is 16.6 Å². The van der Waals surface area contributed by atoms with Crippen LogP contribution in [-0.4, -0.2) is 12.6 Å². The van der Waals surface area contributed by atoms with Crippen LogP contribution < -0.4 is 0 Å². The van der Waals surface area contributed by atoms with Crippen molar-refractivity contribution in [3.63, 3.8) is 0 Å². The van der Waals surface area contributed by atoms with Gasteiger partial charge in [-0.15, -0.1) is 11.3 Å². The molecule has 0 unspecified atom stereocenters. The highest BCUT2D eigenvalue weighted by Gasteiger charge is 1.96. The summed E-state index contributed by atoms with van der Waals surface area (Å²) < 4.78 is 4.67. The lowest BCUT2D eigenvalue weighted by Gasteiger charge is -1.90. The van der Waals surface area contributed by atoms with Crippen molar-refractivity contribution in [1.29, 1.82) is 0 Å². The van der Waals surface area contributed by atoms with Crippen LogP contribution in [0.4, 0.5) is 0 Å². The number of rotatable bonds is 1. The van der Waals surface area contributed by atoms with E-state index in [4.69, 9.17) is 0 Å². The SMILES string of the molecule is CCOC(=O)C#Cc1ccsc1C. The van der Waals surface area contributed by atoms with E-state index < -0.39 is 5.97 Å². The molecule has 0 aliphatic carbocycles. The van der Waals surface area contributed by atoms with Gasteiger partial charge in [-0.2, -0.15) is 0 Å². The molecule has 0 bridgehead atoms. The number of hydrogen-bond donors (Lipinski definition) is 0. The number of carbonyl (C=O) groups is 1.